The molecule has 8 nitrogen and oxygen atoms in total. The SMILES string of the molecule is N#Cc1[nH]c(C=NCO)c(-c2ccc(CO)c(CO)c2CO)c1C(=O)C1CC1. The number of aromatic nitrogens is 1. The van der Waals surface area contributed by atoms with E-state index in [9.17, 15) is 25.4 Å². The van der Waals surface area contributed by atoms with Crippen LogP contribution in [-0.2, 0) is 19.8 Å². The maximum absolute atomic E-state index is 12.9. The molecule has 0 aliphatic heterocycles. The lowest BCUT2D eigenvalue weighted by Gasteiger charge is -2.16. The maximum atomic E-state index is 12.9. The molecule has 0 unspecified atom stereocenters. The fourth-order valence-corrected chi connectivity index (χ4v) is 3.41. The number of carbonyl (C=O) groups is 1. The first-order valence-corrected chi connectivity index (χ1v) is 8.88. The minimum Gasteiger partial charge on any atom is -0.392 e. The van der Waals surface area contributed by atoms with Gasteiger partial charge in [0.25, 0.3) is 0 Å². The molecular weight excluding hydrogens is 362 g/mol. The van der Waals surface area contributed by atoms with Crippen molar-refractivity contribution in [2.45, 2.75) is 32.7 Å². The molecular formula is C20H21N3O5. The summed E-state index contributed by atoms with van der Waals surface area (Å²) in [7, 11) is 0. The van der Waals surface area contributed by atoms with Gasteiger partial charge in [0.15, 0.2) is 5.78 Å². The largest absolute Gasteiger partial charge is 0.392 e. The van der Waals surface area contributed by atoms with Gasteiger partial charge in [-0.3, -0.25) is 9.79 Å². The Hall–Kier alpha value is -2.83. The summed E-state index contributed by atoms with van der Waals surface area (Å²) in [6, 6.07) is 5.25. The van der Waals surface area contributed by atoms with Gasteiger partial charge in [-0.1, -0.05) is 12.1 Å². The van der Waals surface area contributed by atoms with Gasteiger partial charge < -0.3 is 25.4 Å². The lowest BCUT2D eigenvalue weighted by Crippen LogP contribution is -2.08. The van der Waals surface area contributed by atoms with E-state index in [4.69, 9.17) is 5.11 Å². The molecule has 1 heterocycles. The van der Waals surface area contributed by atoms with Gasteiger partial charge in [0.05, 0.1) is 31.1 Å². The second kappa shape index (κ2) is 8.46. The summed E-state index contributed by atoms with van der Waals surface area (Å²) in [5, 5.41) is 47.8. The highest BCUT2D eigenvalue weighted by Crippen LogP contribution is 2.40. The predicted molar refractivity (Wildman–Crippen MR) is 100 cm³/mol. The Morgan fingerprint density at radius 2 is 1.89 bits per heavy atom. The van der Waals surface area contributed by atoms with Gasteiger partial charge in [0, 0.05) is 17.7 Å². The van der Waals surface area contributed by atoms with Gasteiger partial charge in [-0.2, -0.15) is 5.26 Å². The van der Waals surface area contributed by atoms with Crippen molar-refractivity contribution in [3.63, 3.8) is 0 Å². The molecule has 0 atom stereocenters. The number of hydrogen-bond acceptors (Lipinski definition) is 7. The summed E-state index contributed by atoms with van der Waals surface area (Å²) >= 11 is 0. The zero-order chi connectivity index (χ0) is 20.3. The number of nitriles is 1. The number of H-pyrrole nitrogens is 1. The molecule has 1 aliphatic carbocycles. The molecule has 2 aromatic rings. The number of carbonyl (C=O) groups excluding carboxylic acids is 1. The summed E-state index contributed by atoms with van der Waals surface area (Å²) in [6.45, 7) is -1.61. The molecule has 1 fully saturated rings. The third-order valence-electron chi connectivity index (χ3n) is 4.92. The summed E-state index contributed by atoms with van der Waals surface area (Å²) in [5.74, 6) is -0.303. The number of aliphatic hydroxyl groups is 4. The Labute approximate surface area is 161 Å². The number of rotatable bonds is 8. The standard InChI is InChI=1S/C20H21N3O5/c21-5-16-19(20(28)11-1-2-11)18(17(23-16)6-22-10-27)13-4-3-12(7-24)14(8-25)15(13)9-26/h3-4,6,11,23-27H,1-2,7-10H2. The van der Waals surface area contributed by atoms with Crippen LogP contribution in [0.3, 0.4) is 0 Å². The molecule has 0 radical (unpaired) electrons. The highest BCUT2D eigenvalue weighted by molar-refractivity contribution is 6.10. The third kappa shape index (κ3) is 3.48. The van der Waals surface area contributed by atoms with Gasteiger partial charge in [-0.05, 0) is 35.1 Å². The van der Waals surface area contributed by atoms with Crippen LogP contribution in [0.1, 0.15) is 51.3 Å². The molecule has 0 saturated heterocycles. The number of Topliss-reactive ketones (excluding diaryl/α,β-unsaturated/α-hetero) is 1. The fraction of sp³-hybridized carbons (Fsp3) is 0.350. The highest BCUT2D eigenvalue weighted by Gasteiger charge is 2.36. The number of nitrogens with one attached hydrogen (secondary N) is 1. The van der Waals surface area contributed by atoms with E-state index in [0.717, 1.165) is 12.8 Å². The Morgan fingerprint density at radius 3 is 2.43 bits per heavy atom. The third-order valence-corrected chi connectivity index (χ3v) is 4.92. The molecule has 5 N–H and O–H groups in total. The van der Waals surface area contributed by atoms with E-state index in [0.29, 0.717) is 33.5 Å². The molecule has 146 valence electrons. The quantitative estimate of drug-likeness (QED) is 0.339. The zero-order valence-electron chi connectivity index (χ0n) is 15.1. The normalized spacial score (nSPS) is 13.8. The van der Waals surface area contributed by atoms with E-state index >= 15 is 0 Å². The van der Waals surface area contributed by atoms with Crippen molar-refractivity contribution in [3.05, 3.63) is 45.8 Å². The minimum atomic E-state index is -0.468. The van der Waals surface area contributed by atoms with Gasteiger partial charge in [0.2, 0.25) is 0 Å². The first-order chi connectivity index (χ1) is 13.6. The van der Waals surface area contributed by atoms with Crippen LogP contribution >= 0.6 is 0 Å². The van der Waals surface area contributed by atoms with Crippen molar-refractivity contribution in [3.8, 4) is 17.2 Å². The van der Waals surface area contributed by atoms with Gasteiger partial charge >= 0.3 is 0 Å². The van der Waals surface area contributed by atoms with Crippen LogP contribution in [0.5, 0.6) is 0 Å². The molecule has 8 heteroatoms. The number of aliphatic hydroxyl groups excluding tert-OH is 4. The van der Waals surface area contributed by atoms with Crippen molar-refractivity contribution < 1.29 is 25.2 Å². The van der Waals surface area contributed by atoms with Crippen molar-refractivity contribution in [2.24, 2.45) is 10.9 Å². The zero-order valence-corrected chi connectivity index (χ0v) is 15.1. The van der Waals surface area contributed by atoms with Gasteiger partial charge in [0.1, 0.15) is 18.5 Å². The van der Waals surface area contributed by atoms with E-state index < -0.39 is 19.9 Å². The Kier molecular flexibility index (Phi) is 6.02. The van der Waals surface area contributed by atoms with E-state index in [-0.39, 0.29) is 29.6 Å². The summed E-state index contributed by atoms with van der Waals surface area (Å²) in [6.07, 6.45) is 2.85. The summed E-state index contributed by atoms with van der Waals surface area (Å²) < 4.78 is 0. The van der Waals surface area contributed by atoms with E-state index in [2.05, 4.69) is 9.98 Å². The van der Waals surface area contributed by atoms with Crippen molar-refractivity contribution in [2.75, 3.05) is 6.73 Å². The maximum Gasteiger partial charge on any atom is 0.169 e. The predicted octanol–water partition coefficient (Wildman–Crippen LogP) is 0.992. The topological polar surface area (TPSA) is 150 Å². The molecule has 1 aromatic heterocycles. The van der Waals surface area contributed by atoms with Crippen LogP contribution in [0, 0.1) is 17.2 Å². The highest BCUT2D eigenvalue weighted by atomic mass is 16.3. The molecule has 0 amide bonds. The second-order valence-corrected chi connectivity index (χ2v) is 6.57. The molecule has 0 spiro atoms. The fourth-order valence-electron chi connectivity index (χ4n) is 3.41. The molecule has 3 rings (SSSR count). The first-order valence-electron chi connectivity index (χ1n) is 8.88. The number of aliphatic imine (C=N–C) groups is 1. The number of nitrogens with zero attached hydrogens (tertiary/aromatic N) is 2. The van der Waals surface area contributed by atoms with E-state index in [1.807, 2.05) is 6.07 Å². The number of ketones is 1. The number of hydrogen-bond donors (Lipinski definition) is 5. The van der Waals surface area contributed by atoms with Crippen LogP contribution in [-0.4, -0.2) is 44.1 Å². The molecule has 1 aromatic carbocycles. The molecule has 28 heavy (non-hydrogen) atoms. The van der Waals surface area contributed by atoms with Crippen LogP contribution in [0.2, 0.25) is 0 Å². The smallest absolute Gasteiger partial charge is 0.169 e. The van der Waals surface area contributed by atoms with Gasteiger partial charge in [-0.25, -0.2) is 0 Å². The summed E-state index contributed by atoms with van der Waals surface area (Å²) in [5.41, 5.74) is 2.72. The monoisotopic (exact) mass is 383 g/mol. The number of benzene rings is 1. The van der Waals surface area contributed by atoms with Crippen LogP contribution in [0.4, 0.5) is 0 Å². The molecule has 0 bridgehead atoms. The summed E-state index contributed by atoms with van der Waals surface area (Å²) in [4.78, 5) is 19.6. The van der Waals surface area contributed by atoms with Crippen molar-refractivity contribution in [1.29, 1.82) is 5.26 Å². The van der Waals surface area contributed by atoms with Crippen molar-refractivity contribution in [1.82, 2.24) is 4.98 Å². The molecule has 1 saturated carbocycles. The Bertz CT molecular complexity index is 967. The Morgan fingerprint density at radius 1 is 1.18 bits per heavy atom. The Balaban J connectivity index is 2.34. The lowest BCUT2D eigenvalue weighted by atomic mass is 9.88. The first kappa shape index (κ1) is 19.9. The van der Waals surface area contributed by atoms with Crippen LogP contribution in [0.25, 0.3) is 11.1 Å². The van der Waals surface area contributed by atoms with E-state index in [1.165, 1.54) is 6.21 Å². The van der Waals surface area contributed by atoms with Crippen LogP contribution < -0.4 is 0 Å². The number of aromatic amines is 1. The average molecular weight is 383 g/mol. The van der Waals surface area contributed by atoms with Gasteiger partial charge in [-0.15, -0.1) is 0 Å². The molecule has 1 aliphatic rings. The second-order valence-electron chi connectivity index (χ2n) is 6.57. The lowest BCUT2D eigenvalue weighted by molar-refractivity contribution is 0.0968. The minimum absolute atomic E-state index is 0.0898. The van der Waals surface area contributed by atoms with Crippen molar-refractivity contribution >= 4 is 12.0 Å². The average Bonchev–Trinajstić information content (AvgIpc) is 3.51. The van der Waals surface area contributed by atoms with E-state index in [1.54, 1.807) is 12.1 Å². The van der Waals surface area contributed by atoms with Crippen LogP contribution in [0.15, 0.2) is 17.1 Å².